The highest BCUT2D eigenvalue weighted by atomic mass is 19.1. The molecular formula is C29H29F2N5O3. The van der Waals surface area contributed by atoms with Crippen LogP contribution in [-0.2, 0) is 16.9 Å². The lowest BCUT2D eigenvalue weighted by Crippen LogP contribution is -2.26. The largest absolute Gasteiger partial charge is 0.487 e. The summed E-state index contributed by atoms with van der Waals surface area (Å²) in [5.41, 5.74) is 2.93. The summed E-state index contributed by atoms with van der Waals surface area (Å²) in [6.45, 7) is 7.24. The molecule has 10 heteroatoms. The van der Waals surface area contributed by atoms with Crippen LogP contribution in [0.25, 0.3) is 17.1 Å². The van der Waals surface area contributed by atoms with E-state index in [0.29, 0.717) is 39.9 Å². The number of ether oxygens (including phenoxy) is 2. The van der Waals surface area contributed by atoms with Gasteiger partial charge in [0.1, 0.15) is 29.5 Å². The lowest BCUT2D eigenvalue weighted by atomic mass is 10.1. The summed E-state index contributed by atoms with van der Waals surface area (Å²) in [5.74, 6) is -0.608. The number of hydrogen-bond acceptors (Lipinski definition) is 7. The molecule has 4 aromatic rings. The summed E-state index contributed by atoms with van der Waals surface area (Å²) in [4.78, 5) is 31.3. The molecule has 0 N–H and O–H groups in total. The van der Waals surface area contributed by atoms with Crippen LogP contribution in [0.15, 0.2) is 47.7 Å². The van der Waals surface area contributed by atoms with Gasteiger partial charge < -0.3 is 9.47 Å². The molecule has 0 saturated heterocycles. The van der Waals surface area contributed by atoms with Gasteiger partial charge in [-0.25, -0.2) is 18.7 Å². The van der Waals surface area contributed by atoms with Gasteiger partial charge in [0, 0.05) is 37.3 Å². The van der Waals surface area contributed by atoms with Crippen LogP contribution in [0.2, 0.25) is 0 Å². The monoisotopic (exact) mass is 533 g/mol. The summed E-state index contributed by atoms with van der Waals surface area (Å²) in [6.07, 6.45) is 6.03. The molecule has 0 unspecified atom stereocenters. The van der Waals surface area contributed by atoms with Gasteiger partial charge >= 0.3 is 0 Å². The summed E-state index contributed by atoms with van der Waals surface area (Å²) in [7, 11) is 1.60. The Kier molecular flexibility index (Phi) is 6.98. The van der Waals surface area contributed by atoms with Crippen molar-refractivity contribution in [1.82, 2.24) is 24.5 Å². The van der Waals surface area contributed by atoms with E-state index in [0.717, 1.165) is 30.7 Å². The van der Waals surface area contributed by atoms with Gasteiger partial charge in [-0.15, -0.1) is 0 Å². The zero-order valence-corrected chi connectivity index (χ0v) is 22.5. The van der Waals surface area contributed by atoms with E-state index >= 15 is 0 Å². The van der Waals surface area contributed by atoms with Crippen LogP contribution in [0.5, 0.6) is 5.75 Å². The number of nitrogens with zero attached hydrogens (tertiary/aromatic N) is 5. The zero-order chi connectivity index (χ0) is 27.9. The number of aryl methyl sites for hydroxylation is 2. The third kappa shape index (κ3) is 5.29. The van der Waals surface area contributed by atoms with E-state index in [9.17, 15) is 13.6 Å². The first-order chi connectivity index (χ1) is 18.6. The standard InChI is InChI=1S/C29H29F2N5O3/c1-16-13-33-22(21-8-9-32-28(35-21)29(3,4)38-5)12-24(16)36-17(2)10-25(26(27(36)37)18-6-7-18)39-15-23-20(31)11-19(30)14-34-23/h8-14,18H,6-7,15H2,1-5H3. The molecule has 39 heavy (non-hydrogen) atoms. The van der Waals surface area contributed by atoms with Gasteiger partial charge in [0.05, 0.1) is 28.8 Å². The average molecular weight is 534 g/mol. The fourth-order valence-corrected chi connectivity index (χ4v) is 4.36. The van der Waals surface area contributed by atoms with Crippen molar-refractivity contribution in [3.05, 3.63) is 93.2 Å². The van der Waals surface area contributed by atoms with Gasteiger partial charge in [0.25, 0.3) is 5.56 Å². The predicted molar refractivity (Wildman–Crippen MR) is 141 cm³/mol. The number of rotatable bonds is 8. The van der Waals surface area contributed by atoms with E-state index in [1.54, 1.807) is 36.2 Å². The highest BCUT2D eigenvalue weighted by Crippen LogP contribution is 2.43. The average Bonchev–Trinajstić information content (AvgIpc) is 3.74. The number of aromatic nitrogens is 5. The van der Waals surface area contributed by atoms with Crippen LogP contribution in [0.3, 0.4) is 0 Å². The molecule has 1 aliphatic rings. The molecule has 1 fully saturated rings. The second-order valence-corrected chi connectivity index (χ2v) is 10.2. The molecule has 0 amide bonds. The number of halogens is 2. The summed E-state index contributed by atoms with van der Waals surface area (Å²) in [6, 6.07) is 6.14. The van der Waals surface area contributed by atoms with Crippen molar-refractivity contribution >= 4 is 0 Å². The molecule has 1 saturated carbocycles. The molecule has 0 atom stereocenters. The van der Waals surface area contributed by atoms with E-state index < -0.39 is 17.2 Å². The molecule has 0 aromatic carbocycles. The molecule has 4 heterocycles. The third-order valence-electron chi connectivity index (χ3n) is 6.91. The molecule has 1 aliphatic carbocycles. The quantitative estimate of drug-likeness (QED) is 0.303. The van der Waals surface area contributed by atoms with E-state index in [4.69, 9.17) is 9.47 Å². The third-order valence-corrected chi connectivity index (χ3v) is 6.91. The smallest absolute Gasteiger partial charge is 0.262 e. The first kappa shape index (κ1) is 26.6. The van der Waals surface area contributed by atoms with E-state index in [1.165, 1.54) is 0 Å². The van der Waals surface area contributed by atoms with Crippen molar-refractivity contribution in [1.29, 1.82) is 0 Å². The van der Waals surface area contributed by atoms with E-state index in [1.807, 2.05) is 33.8 Å². The molecule has 8 nitrogen and oxygen atoms in total. The van der Waals surface area contributed by atoms with Gasteiger partial charge in [0.2, 0.25) is 0 Å². The van der Waals surface area contributed by atoms with E-state index in [-0.39, 0.29) is 23.8 Å². The first-order valence-corrected chi connectivity index (χ1v) is 12.6. The normalized spacial score (nSPS) is 13.5. The minimum absolute atomic E-state index is 0.0320. The SMILES string of the molecule is COC(C)(C)c1nccc(-c2cc(-n3c(C)cc(OCc4ncc(F)cc4F)c(C4CC4)c3=O)c(C)cn2)n1. The molecule has 0 radical (unpaired) electrons. The van der Waals surface area contributed by atoms with Crippen LogP contribution < -0.4 is 10.3 Å². The Bertz CT molecular complexity index is 1620. The Morgan fingerprint density at radius 3 is 2.51 bits per heavy atom. The Morgan fingerprint density at radius 1 is 1.05 bits per heavy atom. The maximum atomic E-state index is 14.1. The second-order valence-electron chi connectivity index (χ2n) is 10.2. The minimum atomic E-state index is -0.797. The topological polar surface area (TPSA) is 92.0 Å². The Balaban J connectivity index is 1.55. The molecular weight excluding hydrogens is 504 g/mol. The Morgan fingerprint density at radius 2 is 1.82 bits per heavy atom. The molecule has 0 aliphatic heterocycles. The van der Waals surface area contributed by atoms with Crippen LogP contribution in [-0.4, -0.2) is 31.6 Å². The lowest BCUT2D eigenvalue weighted by molar-refractivity contribution is 0.0115. The maximum Gasteiger partial charge on any atom is 0.262 e. The number of hydrogen-bond donors (Lipinski definition) is 0. The summed E-state index contributed by atoms with van der Waals surface area (Å²) < 4.78 is 40.5. The van der Waals surface area contributed by atoms with Crippen LogP contribution in [0.4, 0.5) is 8.78 Å². The molecule has 4 aromatic heterocycles. The van der Waals surface area contributed by atoms with Gasteiger partial charge in [-0.2, -0.15) is 0 Å². The van der Waals surface area contributed by atoms with Gasteiger partial charge in [-0.1, -0.05) is 0 Å². The van der Waals surface area contributed by atoms with Crippen LogP contribution >= 0.6 is 0 Å². The van der Waals surface area contributed by atoms with Crippen molar-refractivity contribution in [2.45, 2.75) is 58.7 Å². The van der Waals surface area contributed by atoms with Crippen molar-refractivity contribution in [3.63, 3.8) is 0 Å². The minimum Gasteiger partial charge on any atom is -0.487 e. The van der Waals surface area contributed by atoms with E-state index in [2.05, 4.69) is 19.9 Å². The Labute approximate surface area is 224 Å². The Hall–Kier alpha value is -4.05. The van der Waals surface area contributed by atoms with Crippen LogP contribution in [0.1, 0.15) is 60.9 Å². The molecule has 0 bridgehead atoms. The molecule has 0 spiro atoms. The molecule has 202 valence electrons. The van der Waals surface area contributed by atoms with Gasteiger partial charge in [-0.3, -0.25) is 19.3 Å². The summed E-state index contributed by atoms with van der Waals surface area (Å²) >= 11 is 0. The van der Waals surface area contributed by atoms with Crippen LogP contribution in [0, 0.1) is 25.5 Å². The van der Waals surface area contributed by atoms with Crippen molar-refractivity contribution < 1.29 is 18.3 Å². The first-order valence-electron chi connectivity index (χ1n) is 12.6. The fourth-order valence-electron chi connectivity index (χ4n) is 4.36. The van der Waals surface area contributed by atoms with Gasteiger partial charge in [0.15, 0.2) is 11.6 Å². The highest BCUT2D eigenvalue weighted by molar-refractivity contribution is 5.60. The van der Waals surface area contributed by atoms with Crippen molar-refractivity contribution in [2.24, 2.45) is 0 Å². The predicted octanol–water partition coefficient (Wildman–Crippen LogP) is 5.32. The molecule has 5 rings (SSSR count). The second kappa shape index (κ2) is 10.3. The fraction of sp³-hybridized carbons (Fsp3) is 0.345. The number of pyridine rings is 3. The maximum absolute atomic E-state index is 14.1. The summed E-state index contributed by atoms with van der Waals surface area (Å²) in [5, 5.41) is 0. The highest BCUT2D eigenvalue weighted by Gasteiger charge is 2.32. The number of methoxy groups -OCH3 is 1. The van der Waals surface area contributed by atoms with Crippen molar-refractivity contribution in [2.75, 3.05) is 7.11 Å². The zero-order valence-electron chi connectivity index (χ0n) is 22.5. The lowest BCUT2D eigenvalue weighted by Gasteiger charge is -2.21. The van der Waals surface area contributed by atoms with Crippen molar-refractivity contribution in [3.8, 4) is 22.8 Å². The van der Waals surface area contributed by atoms with Gasteiger partial charge in [-0.05, 0) is 64.2 Å².